The third-order valence-corrected chi connectivity index (χ3v) is 6.14. The Morgan fingerprint density at radius 1 is 1.10 bits per heavy atom. The van der Waals surface area contributed by atoms with Crippen molar-refractivity contribution in [3.05, 3.63) is 54.6 Å². The van der Waals surface area contributed by atoms with E-state index in [9.17, 15) is 9.59 Å². The Hall–Kier alpha value is -2.51. The third-order valence-electron chi connectivity index (χ3n) is 5.18. The average molecular weight is 412 g/mol. The van der Waals surface area contributed by atoms with Crippen LogP contribution in [0, 0.1) is 5.92 Å². The number of nitrogens with zero attached hydrogens (tertiary/aromatic N) is 1. The summed E-state index contributed by atoms with van der Waals surface area (Å²) >= 11 is 1.79. The minimum absolute atomic E-state index is 0.0293. The Kier molecular flexibility index (Phi) is 6.36. The van der Waals surface area contributed by atoms with Gasteiger partial charge in [-0.15, -0.1) is 11.8 Å². The summed E-state index contributed by atoms with van der Waals surface area (Å²) in [5, 5.41) is 6.22. The molecule has 0 aromatic heterocycles. The van der Waals surface area contributed by atoms with Gasteiger partial charge in [0.25, 0.3) is 0 Å². The van der Waals surface area contributed by atoms with Crippen molar-refractivity contribution >= 4 is 29.3 Å². The lowest BCUT2D eigenvalue weighted by Crippen LogP contribution is -2.42. The van der Waals surface area contributed by atoms with Gasteiger partial charge in [0.15, 0.2) is 0 Å². The number of para-hydroxylation sites is 1. The first kappa shape index (κ1) is 19.8. The normalized spacial score (nSPS) is 21.2. The van der Waals surface area contributed by atoms with Crippen LogP contribution in [0.1, 0.15) is 12.8 Å². The number of ether oxygens (including phenoxy) is 1. The summed E-state index contributed by atoms with van der Waals surface area (Å²) in [5.41, 5.74) is 0.739. The molecule has 0 saturated carbocycles. The van der Waals surface area contributed by atoms with E-state index in [1.165, 1.54) is 0 Å². The summed E-state index contributed by atoms with van der Waals surface area (Å²) in [4.78, 5) is 26.8. The fourth-order valence-electron chi connectivity index (χ4n) is 3.67. The molecule has 4 rings (SSSR count). The summed E-state index contributed by atoms with van der Waals surface area (Å²) < 4.78 is 5.76. The Balaban J connectivity index is 1.24. The van der Waals surface area contributed by atoms with E-state index in [0.29, 0.717) is 13.0 Å². The van der Waals surface area contributed by atoms with Gasteiger partial charge in [-0.3, -0.25) is 9.59 Å². The van der Waals surface area contributed by atoms with Crippen molar-refractivity contribution in [2.45, 2.75) is 18.9 Å². The van der Waals surface area contributed by atoms with Crippen LogP contribution >= 0.6 is 11.8 Å². The number of hydrogen-bond acceptors (Lipinski definition) is 5. The Bertz CT molecular complexity index is 838. The van der Waals surface area contributed by atoms with E-state index < -0.39 is 0 Å². The molecule has 2 aliphatic heterocycles. The van der Waals surface area contributed by atoms with Gasteiger partial charge >= 0.3 is 0 Å². The largest absolute Gasteiger partial charge is 0.457 e. The maximum atomic E-state index is 12.5. The zero-order valence-electron chi connectivity index (χ0n) is 16.2. The fourth-order valence-corrected chi connectivity index (χ4v) is 4.62. The highest BCUT2D eigenvalue weighted by molar-refractivity contribution is 7.99. The van der Waals surface area contributed by atoms with Crippen LogP contribution in [0.4, 0.5) is 5.69 Å². The van der Waals surface area contributed by atoms with Gasteiger partial charge in [-0.1, -0.05) is 18.2 Å². The second-order valence-electron chi connectivity index (χ2n) is 7.39. The zero-order chi connectivity index (χ0) is 20.1. The maximum absolute atomic E-state index is 12.5. The Labute approximate surface area is 175 Å². The molecule has 29 heavy (non-hydrogen) atoms. The number of hydrogen-bond donors (Lipinski definition) is 2. The molecule has 2 aromatic carbocycles. The van der Waals surface area contributed by atoms with Gasteiger partial charge in [-0.2, -0.15) is 0 Å². The lowest BCUT2D eigenvalue weighted by Gasteiger charge is -2.19. The number of nitrogens with one attached hydrogen (secondary N) is 2. The maximum Gasteiger partial charge on any atom is 0.240 e. The third kappa shape index (κ3) is 5.31. The summed E-state index contributed by atoms with van der Waals surface area (Å²) in [6, 6.07) is 16.8. The highest BCUT2D eigenvalue weighted by atomic mass is 32.2. The van der Waals surface area contributed by atoms with Crippen LogP contribution in [-0.4, -0.2) is 47.5 Å². The number of rotatable bonds is 6. The van der Waals surface area contributed by atoms with Gasteiger partial charge in [-0.25, -0.2) is 0 Å². The van der Waals surface area contributed by atoms with Crippen molar-refractivity contribution in [3.63, 3.8) is 0 Å². The first-order valence-corrected chi connectivity index (χ1v) is 11.1. The molecular weight excluding hydrogens is 386 g/mol. The summed E-state index contributed by atoms with van der Waals surface area (Å²) in [6.45, 7) is 1.53. The van der Waals surface area contributed by atoms with Crippen molar-refractivity contribution in [2.24, 2.45) is 5.92 Å². The molecular formula is C22H25N3O3S. The van der Waals surface area contributed by atoms with E-state index in [-0.39, 0.29) is 23.8 Å². The van der Waals surface area contributed by atoms with E-state index in [0.717, 1.165) is 41.8 Å². The lowest BCUT2D eigenvalue weighted by molar-refractivity contribution is -0.131. The quantitative estimate of drug-likeness (QED) is 0.763. The SMILES string of the molecule is O=C(CC1CNC(C(=O)N2CCSC2)C1)Nc1ccc(Oc2ccccc2)cc1. The summed E-state index contributed by atoms with van der Waals surface area (Å²) in [6.07, 6.45) is 1.13. The van der Waals surface area contributed by atoms with E-state index in [1.807, 2.05) is 59.5 Å². The molecule has 7 heteroatoms. The topological polar surface area (TPSA) is 70.7 Å². The number of anilines is 1. The minimum Gasteiger partial charge on any atom is -0.457 e. The molecule has 2 fully saturated rings. The van der Waals surface area contributed by atoms with Crippen molar-refractivity contribution in [1.29, 1.82) is 0 Å². The first-order valence-electron chi connectivity index (χ1n) is 9.90. The van der Waals surface area contributed by atoms with Crippen LogP contribution in [-0.2, 0) is 9.59 Å². The van der Waals surface area contributed by atoms with Crippen LogP contribution in [0.3, 0.4) is 0 Å². The van der Waals surface area contributed by atoms with Gasteiger partial charge in [0, 0.05) is 24.4 Å². The van der Waals surface area contributed by atoms with E-state index in [1.54, 1.807) is 11.8 Å². The van der Waals surface area contributed by atoms with Crippen molar-refractivity contribution < 1.29 is 14.3 Å². The number of carbonyl (C=O) groups is 2. The van der Waals surface area contributed by atoms with Crippen LogP contribution in [0.2, 0.25) is 0 Å². The van der Waals surface area contributed by atoms with Crippen molar-refractivity contribution in [2.75, 3.05) is 30.0 Å². The molecule has 2 atom stereocenters. The van der Waals surface area contributed by atoms with E-state index in [2.05, 4.69) is 10.6 Å². The molecule has 6 nitrogen and oxygen atoms in total. The van der Waals surface area contributed by atoms with Gasteiger partial charge in [0.05, 0.1) is 11.9 Å². The second-order valence-corrected chi connectivity index (χ2v) is 8.47. The Morgan fingerprint density at radius 3 is 2.59 bits per heavy atom. The standard InChI is InChI=1S/C22H25N3O3S/c26-21(13-16-12-20(23-14-16)22(27)25-10-11-29-15-25)24-17-6-8-19(9-7-17)28-18-4-2-1-3-5-18/h1-9,16,20,23H,10-15H2,(H,24,26). The number of benzene rings is 2. The van der Waals surface area contributed by atoms with Crippen LogP contribution in [0.25, 0.3) is 0 Å². The number of thioether (sulfide) groups is 1. The summed E-state index contributed by atoms with van der Waals surface area (Å²) in [7, 11) is 0. The van der Waals surface area contributed by atoms with Crippen LogP contribution in [0.5, 0.6) is 11.5 Å². The molecule has 2 heterocycles. The number of amides is 2. The molecule has 2 aliphatic rings. The first-order chi connectivity index (χ1) is 14.2. The lowest BCUT2D eigenvalue weighted by atomic mass is 10.0. The fraction of sp³-hybridized carbons (Fsp3) is 0.364. The molecule has 0 bridgehead atoms. The predicted molar refractivity (Wildman–Crippen MR) is 115 cm³/mol. The molecule has 2 saturated heterocycles. The molecule has 152 valence electrons. The molecule has 0 spiro atoms. The molecule has 2 amide bonds. The molecule has 2 aromatic rings. The van der Waals surface area contributed by atoms with Crippen LogP contribution < -0.4 is 15.4 Å². The highest BCUT2D eigenvalue weighted by Gasteiger charge is 2.34. The van der Waals surface area contributed by atoms with E-state index >= 15 is 0 Å². The van der Waals surface area contributed by atoms with Gasteiger partial charge in [0.1, 0.15) is 11.5 Å². The van der Waals surface area contributed by atoms with Gasteiger partial charge in [0.2, 0.25) is 11.8 Å². The summed E-state index contributed by atoms with van der Waals surface area (Å²) in [5.74, 6) is 3.61. The smallest absolute Gasteiger partial charge is 0.240 e. The van der Waals surface area contributed by atoms with Crippen LogP contribution in [0.15, 0.2) is 54.6 Å². The molecule has 0 radical (unpaired) electrons. The van der Waals surface area contributed by atoms with Gasteiger partial charge in [-0.05, 0) is 55.3 Å². The molecule has 2 unspecified atom stereocenters. The zero-order valence-corrected chi connectivity index (χ0v) is 17.0. The van der Waals surface area contributed by atoms with Crippen molar-refractivity contribution in [1.82, 2.24) is 10.2 Å². The average Bonchev–Trinajstić information content (AvgIpc) is 3.42. The predicted octanol–water partition coefficient (Wildman–Crippen LogP) is 3.32. The Morgan fingerprint density at radius 2 is 1.86 bits per heavy atom. The molecule has 2 N–H and O–H groups in total. The highest BCUT2D eigenvalue weighted by Crippen LogP contribution is 2.24. The molecule has 0 aliphatic carbocycles. The van der Waals surface area contributed by atoms with Gasteiger partial charge < -0.3 is 20.3 Å². The van der Waals surface area contributed by atoms with Crippen molar-refractivity contribution in [3.8, 4) is 11.5 Å². The minimum atomic E-state index is -0.152. The van der Waals surface area contributed by atoms with E-state index in [4.69, 9.17) is 4.74 Å². The number of carbonyl (C=O) groups excluding carboxylic acids is 2. The monoisotopic (exact) mass is 411 g/mol. The second kappa shape index (κ2) is 9.33.